The van der Waals surface area contributed by atoms with E-state index in [9.17, 15) is 4.79 Å². The van der Waals surface area contributed by atoms with Crippen LogP contribution in [0.2, 0.25) is 0 Å². The van der Waals surface area contributed by atoms with Crippen LogP contribution in [0, 0.1) is 5.92 Å². The van der Waals surface area contributed by atoms with Crippen molar-refractivity contribution in [2.45, 2.75) is 5.25 Å². The average Bonchev–Trinajstić information content (AvgIpc) is 2.50. The van der Waals surface area contributed by atoms with E-state index in [0.29, 0.717) is 5.92 Å². The third-order valence-electron chi connectivity index (χ3n) is 1.84. The molecule has 2 aliphatic rings. The number of nitrogens with zero attached hydrogens (tertiary/aromatic N) is 1. The number of allylic oxidation sites excluding steroid dienone is 3. The van der Waals surface area contributed by atoms with Crippen molar-refractivity contribution in [1.82, 2.24) is 0 Å². The molecular weight excluding hydrogens is 158 g/mol. The quantitative estimate of drug-likeness (QED) is 0.434. The maximum atomic E-state index is 10.5. The van der Waals surface area contributed by atoms with E-state index in [4.69, 9.17) is 0 Å². The highest BCUT2D eigenvalue weighted by Gasteiger charge is 2.27. The Morgan fingerprint density at radius 1 is 1.64 bits per heavy atom. The lowest BCUT2D eigenvalue weighted by Gasteiger charge is -2.15. The number of aldehydes is 1. The predicted octanol–water partition coefficient (Wildman–Crippen LogP) is 1.40. The molecule has 0 amide bonds. The first-order valence-corrected chi connectivity index (χ1v) is 4.28. The van der Waals surface area contributed by atoms with Gasteiger partial charge in [0.15, 0.2) is 0 Å². The van der Waals surface area contributed by atoms with Gasteiger partial charge in [0.25, 0.3) is 0 Å². The zero-order chi connectivity index (χ0) is 7.68. The van der Waals surface area contributed by atoms with Crippen LogP contribution in [-0.4, -0.2) is 17.8 Å². The van der Waals surface area contributed by atoms with Crippen LogP contribution in [0.5, 0.6) is 0 Å². The third-order valence-corrected chi connectivity index (χ3v) is 2.90. The van der Waals surface area contributed by atoms with Crippen LogP contribution in [0.3, 0.4) is 0 Å². The number of rotatable bonds is 1. The maximum absolute atomic E-state index is 10.5. The molecule has 1 aliphatic carbocycles. The molecule has 0 aromatic rings. The van der Waals surface area contributed by atoms with Gasteiger partial charge in [-0.15, -0.1) is 0 Å². The van der Waals surface area contributed by atoms with Crippen LogP contribution >= 0.6 is 11.9 Å². The zero-order valence-electron chi connectivity index (χ0n) is 5.81. The van der Waals surface area contributed by atoms with Crippen molar-refractivity contribution in [3.63, 3.8) is 0 Å². The number of hydrogen-bond acceptors (Lipinski definition) is 3. The highest BCUT2D eigenvalue weighted by molar-refractivity contribution is 7.99. The van der Waals surface area contributed by atoms with Crippen molar-refractivity contribution in [1.29, 1.82) is 0 Å². The number of carbonyl (C=O) groups excluding carboxylic acids is 1. The smallest absolute Gasteiger partial charge is 0.147 e. The predicted molar refractivity (Wildman–Crippen MR) is 46.6 cm³/mol. The van der Waals surface area contributed by atoms with Crippen molar-refractivity contribution in [2.24, 2.45) is 10.3 Å². The fraction of sp³-hybridized carbons (Fsp3) is 0.250. The summed E-state index contributed by atoms with van der Waals surface area (Å²) >= 11 is 1.48. The molecule has 11 heavy (non-hydrogen) atoms. The van der Waals surface area contributed by atoms with Crippen LogP contribution in [-0.2, 0) is 4.79 Å². The van der Waals surface area contributed by atoms with Gasteiger partial charge in [-0.25, -0.2) is 4.40 Å². The van der Waals surface area contributed by atoms with Crippen molar-refractivity contribution >= 4 is 24.4 Å². The maximum Gasteiger partial charge on any atom is 0.147 e. The van der Waals surface area contributed by atoms with Gasteiger partial charge in [0.2, 0.25) is 0 Å². The van der Waals surface area contributed by atoms with Gasteiger partial charge in [-0.3, -0.25) is 4.79 Å². The van der Waals surface area contributed by atoms with Gasteiger partial charge in [0.05, 0.1) is 5.25 Å². The minimum atomic E-state index is 0.248. The standard InChI is InChI=1S/C8H7NOS/c10-5-7-3-1-2-6-4-9-11-8(6)7/h1-6,8H. The van der Waals surface area contributed by atoms with Crippen LogP contribution in [0.1, 0.15) is 0 Å². The van der Waals surface area contributed by atoms with E-state index in [1.165, 1.54) is 11.9 Å². The van der Waals surface area contributed by atoms with E-state index in [-0.39, 0.29) is 5.25 Å². The van der Waals surface area contributed by atoms with E-state index in [0.717, 1.165) is 11.9 Å². The molecule has 0 bridgehead atoms. The molecule has 2 atom stereocenters. The molecule has 2 nitrogen and oxygen atoms in total. The molecule has 0 fully saturated rings. The molecule has 1 aliphatic heterocycles. The fourth-order valence-corrected chi connectivity index (χ4v) is 2.15. The second kappa shape index (κ2) is 2.66. The number of hydrogen-bond donors (Lipinski definition) is 0. The first-order valence-electron chi connectivity index (χ1n) is 3.44. The summed E-state index contributed by atoms with van der Waals surface area (Å²) in [5.41, 5.74) is 0.847. The van der Waals surface area contributed by atoms with Gasteiger partial charge in [-0.05, 0) is 11.9 Å². The van der Waals surface area contributed by atoms with Crippen LogP contribution in [0.15, 0.2) is 28.2 Å². The molecule has 0 aromatic heterocycles. The lowest BCUT2D eigenvalue weighted by atomic mass is 9.95. The first kappa shape index (κ1) is 6.85. The van der Waals surface area contributed by atoms with Gasteiger partial charge in [0.1, 0.15) is 6.29 Å². The van der Waals surface area contributed by atoms with E-state index in [2.05, 4.69) is 10.5 Å². The van der Waals surface area contributed by atoms with Gasteiger partial charge in [-0.2, -0.15) is 0 Å². The summed E-state index contributed by atoms with van der Waals surface area (Å²) < 4.78 is 4.07. The van der Waals surface area contributed by atoms with Gasteiger partial charge in [-0.1, -0.05) is 18.2 Å². The largest absolute Gasteiger partial charge is 0.298 e. The minimum absolute atomic E-state index is 0.248. The SMILES string of the molecule is O=CC1=CC=CC2C=NSC12. The third kappa shape index (κ3) is 1.05. The Balaban J connectivity index is 2.30. The summed E-state index contributed by atoms with van der Waals surface area (Å²) in [4.78, 5) is 10.5. The molecule has 2 rings (SSSR count). The Morgan fingerprint density at radius 2 is 2.55 bits per heavy atom. The van der Waals surface area contributed by atoms with Crippen LogP contribution < -0.4 is 0 Å². The summed E-state index contributed by atoms with van der Waals surface area (Å²) in [6.45, 7) is 0. The van der Waals surface area contributed by atoms with Crippen LogP contribution in [0.25, 0.3) is 0 Å². The molecule has 0 N–H and O–H groups in total. The highest BCUT2D eigenvalue weighted by atomic mass is 32.2. The topological polar surface area (TPSA) is 29.4 Å². The summed E-state index contributed by atoms with van der Waals surface area (Å²) in [6.07, 6.45) is 8.66. The van der Waals surface area contributed by atoms with Crippen molar-refractivity contribution in [3.05, 3.63) is 23.8 Å². The second-order valence-electron chi connectivity index (χ2n) is 2.53. The van der Waals surface area contributed by atoms with Gasteiger partial charge >= 0.3 is 0 Å². The highest BCUT2D eigenvalue weighted by Crippen LogP contribution is 2.34. The van der Waals surface area contributed by atoms with E-state index in [1.807, 2.05) is 18.4 Å². The number of carbonyl (C=O) groups is 1. The number of fused-ring (bicyclic) bond motifs is 1. The summed E-state index contributed by atoms with van der Waals surface area (Å²) in [7, 11) is 0. The molecule has 0 saturated carbocycles. The molecule has 0 saturated heterocycles. The molecule has 0 spiro atoms. The molecule has 3 heteroatoms. The lowest BCUT2D eigenvalue weighted by Crippen LogP contribution is -2.17. The minimum Gasteiger partial charge on any atom is -0.298 e. The Hall–Kier alpha value is -0.830. The van der Waals surface area contributed by atoms with E-state index < -0.39 is 0 Å². The molecular formula is C8H7NOS. The van der Waals surface area contributed by atoms with Crippen molar-refractivity contribution < 1.29 is 4.79 Å². The Bertz CT molecular complexity index is 267. The van der Waals surface area contributed by atoms with Gasteiger partial charge in [0, 0.05) is 17.7 Å². The van der Waals surface area contributed by atoms with Crippen molar-refractivity contribution in [2.75, 3.05) is 0 Å². The average molecular weight is 165 g/mol. The molecule has 56 valence electrons. The molecule has 0 aromatic carbocycles. The summed E-state index contributed by atoms with van der Waals surface area (Å²) in [5, 5.41) is 0.248. The fourth-order valence-electron chi connectivity index (χ4n) is 1.25. The molecule has 1 heterocycles. The first-order chi connectivity index (χ1) is 5.42. The zero-order valence-corrected chi connectivity index (χ0v) is 6.62. The lowest BCUT2D eigenvalue weighted by molar-refractivity contribution is -0.105. The Morgan fingerprint density at radius 3 is 3.36 bits per heavy atom. The second-order valence-corrected chi connectivity index (χ2v) is 3.46. The Labute approximate surface area is 69.2 Å². The molecule has 2 unspecified atom stereocenters. The monoisotopic (exact) mass is 165 g/mol. The van der Waals surface area contributed by atoms with Crippen LogP contribution in [0.4, 0.5) is 0 Å². The van der Waals surface area contributed by atoms with Gasteiger partial charge < -0.3 is 0 Å². The van der Waals surface area contributed by atoms with E-state index in [1.54, 1.807) is 0 Å². The normalized spacial score (nSPS) is 33.3. The Kier molecular flexibility index (Phi) is 1.66. The van der Waals surface area contributed by atoms with Crippen molar-refractivity contribution in [3.8, 4) is 0 Å². The summed E-state index contributed by atoms with van der Waals surface area (Å²) in [5.74, 6) is 0.338. The van der Waals surface area contributed by atoms with E-state index >= 15 is 0 Å². The summed E-state index contributed by atoms with van der Waals surface area (Å²) in [6, 6.07) is 0. The molecule has 0 radical (unpaired) electrons.